The molecule has 0 fully saturated rings. The van der Waals surface area contributed by atoms with Crippen LogP contribution in [0.2, 0.25) is 0 Å². The van der Waals surface area contributed by atoms with Crippen LogP contribution in [0, 0.1) is 11.6 Å². The Hall–Kier alpha value is -1.78. The van der Waals surface area contributed by atoms with E-state index in [0.29, 0.717) is 0 Å². The van der Waals surface area contributed by atoms with E-state index in [0.717, 1.165) is 12.1 Å². The highest BCUT2D eigenvalue weighted by Gasteiger charge is 2.22. The van der Waals surface area contributed by atoms with Gasteiger partial charge in [0.15, 0.2) is 0 Å². The van der Waals surface area contributed by atoms with Gasteiger partial charge in [-0.1, -0.05) is 0 Å². The molecule has 2 aromatic rings. The van der Waals surface area contributed by atoms with Gasteiger partial charge >= 0.3 is 0 Å². The lowest BCUT2D eigenvalue weighted by atomic mass is 10.3. The van der Waals surface area contributed by atoms with Crippen molar-refractivity contribution in [2.45, 2.75) is 5.03 Å². The van der Waals surface area contributed by atoms with Crippen LogP contribution in [-0.4, -0.2) is 13.4 Å². The quantitative estimate of drug-likeness (QED) is 0.430. The number of pyridine rings is 1. The molecule has 1 aromatic heterocycles. The number of halogens is 3. The van der Waals surface area contributed by atoms with Crippen LogP contribution < -0.4 is 16.0 Å². The highest BCUT2D eigenvalue weighted by molar-refractivity contribution is 9.10. The van der Waals surface area contributed by atoms with E-state index in [1.165, 1.54) is 18.3 Å². The van der Waals surface area contributed by atoms with E-state index in [2.05, 4.69) is 26.3 Å². The molecule has 0 saturated carbocycles. The molecule has 2 rings (SSSR count). The van der Waals surface area contributed by atoms with Gasteiger partial charge in [0, 0.05) is 12.3 Å². The Morgan fingerprint density at radius 3 is 2.57 bits per heavy atom. The van der Waals surface area contributed by atoms with Gasteiger partial charge in [0.25, 0.3) is 10.0 Å². The lowest BCUT2D eigenvalue weighted by Gasteiger charge is -2.11. The Morgan fingerprint density at radius 2 is 1.90 bits per heavy atom. The third kappa shape index (κ3) is 3.28. The molecule has 0 unspecified atom stereocenters. The molecule has 0 aliphatic rings. The number of nitrogens with one attached hydrogen (secondary N) is 2. The van der Waals surface area contributed by atoms with Crippen LogP contribution in [0.25, 0.3) is 0 Å². The number of rotatable bonds is 4. The predicted octanol–water partition coefficient (Wildman–Crippen LogP) is 2.21. The molecular weight excluding hydrogens is 370 g/mol. The Labute approximate surface area is 127 Å². The number of benzene rings is 1. The minimum absolute atomic E-state index is 0.0167. The molecular formula is C11H9BrF2N4O2S. The van der Waals surface area contributed by atoms with Gasteiger partial charge in [-0.25, -0.2) is 13.8 Å². The number of anilines is 2. The Bertz CT molecular complexity index is 786. The summed E-state index contributed by atoms with van der Waals surface area (Å²) in [6, 6.07) is 4.37. The molecule has 6 nitrogen and oxygen atoms in total. The molecule has 0 bridgehead atoms. The highest BCUT2D eigenvalue weighted by Crippen LogP contribution is 2.26. The fourth-order valence-electron chi connectivity index (χ4n) is 1.51. The second-order valence-electron chi connectivity index (χ2n) is 3.85. The minimum atomic E-state index is -4.23. The Morgan fingerprint density at radius 1 is 1.19 bits per heavy atom. The van der Waals surface area contributed by atoms with Crippen LogP contribution in [0.5, 0.6) is 0 Å². The van der Waals surface area contributed by atoms with Gasteiger partial charge in [0.2, 0.25) is 5.03 Å². The van der Waals surface area contributed by atoms with Crippen LogP contribution >= 0.6 is 15.9 Å². The number of hydrogen-bond donors (Lipinski definition) is 3. The zero-order valence-corrected chi connectivity index (χ0v) is 12.7. The Balaban J connectivity index is 2.45. The van der Waals surface area contributed by atoms with E-state index in [9.17, 15) is 17.2 Å². The first-order valence-electron chi connectivity index (χ1n) is 5.44. The van der Waals surface area contributed by atoms with E-state index in [1.807, 2.05) is 4.72 Å². The number of aromatic nitrogens is 1. The van der Waals surface area contributed by atoms with Gasteiger partial charge in [0.05, 0.1) is 15.8 Å². The molecule has 0 radical (unpaired) electrons. The maximum atomic E-state index is 13.7. The van der Waals surface area contributed by atoms with E-state index >= 15 is 0 Å². The maximum Gasteiger partial charge on any atom is 0.281 e. The summed E-state index contributed by atoms with van der Waals surface area (Å²) in [7, 11) is -4.23. The predicted molar refractivity (Wildman–Crippen MR) is 76.9 cm³/mol. The standard InChI is InChI=1S/C11H9BrF2N4O2S/c12-6-4-8(14)10(5-7(6)13)18-21(19,20)11-9(17-15)2-1-3-16-11/h1-5,17-18H,15H2. The van der Waals surface area contributed by atoms with Crippen molar-refractivity contribution in [3.8, 4) is 0 Å². The van der Waals surface area contributed by atoms with Crippen molar-refractivity contribution < 1.29 is 17.2 Å². The van der Waals surface area contributed by atoms with Crippen molar-refractivity contribution in [2.24, 2.45) is 5.84 Å². The summed E-state index contributed by atoms with van der Waals surface area (Å²) < 4.78 is 53.2. The molecule has 112 valence electrons. The molecule has 0 aliphatic carbocycles. The fraction of sp³-hybridized carbons (Fsp3) is 0. The van der Waals surface area contributed by atoms with Crippen LogP contribution in [0.1, 0.15) is 0 Å². The average Bonchev–Trinajstić information content (AvgIpc) is 2.44. The molecule has 0 atom stereocenters. The van der Waals surface area contributed by atoms with Crippen molar-refractivity contribution in [3.63, 3.8) is 0 Å². The lowest BCUT2D eigenvalue weighted by Crippen LogP contribution is -2.19. The van der Waals surface area contributed by atoms with E-state index in [4.69, 9.17) is 5.84 Å². The third-order valence-corrected chi connectivity index (χ3v) is 4.37. The number of nitrogens with two attached hydrogens (primary N) is 1. The second kappa shape index (κ2) is 5.92. The number of hydrazine groups is 1. The zero-order valence-electron chi connectivity index (χ0n) is 10.3. The molecule has 0 aliphatic heterocycles. The molecule has 0 saturated heterocycles. The summed E-state index contributed by atoms with van der Waals surface area (Å²) in [5, 5.41) is -0.435. The topological polar surface area (TPSA) is 97.1 Å². The van der Waals surface area contributed by atoms with Crippen LogP contribution in [0.4, 0.5) is 20.2 Å². The minimum Gasteiger partial charge on any atom is -0.321 e. The normalized spacial score (nSPS) is 11.2. The van der Waals surface area contributed by atoms with Gasteiger partial charge in [-0.15, -0.1) is 0 Å². The summed E-state index contributed by atoms with van der Waals surface area (Å²) in [6.45, 7) is 0. The average molecular weight is 379 g/mol. The number of sulfonamides is 1. The van der Waals surface area contributed by atoms with Gasteiger partial charge < -0.3 is 5.43 Å². The maximum absolute atomic E-state index is 13.7. The summed E-state index contributed by atoms with van der Waals surface area (Å²) in [5.41, 5.74) is 1.64. The van der Waals surface area contributed by atoms with Crippen LogP contribution in [0.15, 0.2) is 40.0 Å². The molecule has 0 spiro atoms. The molecule has 1 heterocycles. The first-order chi connectivity index (χ1) is 9.85. The summed E-state index contributed by atoms with van der Waals surface area (Å²) in [4.78, 5) is 3.67. The van der Waals surface area contributed by atoms with Crippen LogP contribution in [-0.2, 0) is 10.0 Å². The van der Waals surface area contributed by atoms with E-state index in [1.54, 1.807) is 0 Å². The Kier molecular flexibility index (Phi) is 4.40. The van der Waals surface area contributed by atoms with Crippen LogP contribution in [0.3, 0.4) is 0 Å². The number of nitrogen functional groups attached to an aromatic ring is 1. The van der Waals surface area contributed by atoms with Gasteiger partial charge in [-0.2, -0.15) is 8.42 Å². The van der Waals surface area contributed by atoms with E-state index < -0.39 is 32.4 Å². The van der Waals surface area contributed by atoms with E-state index in [-0.39, 0.29) is 10.2 Å². The third-order valence-electron chi connectivity index (χ3n) is 2.44. The van der Waals surface area contributed by atoms with Crippen molar-refractivity contribution >= 4 is 37.3 Å². The first kappa shape index (κ1) is 15.6. The zero-order chi connectivity index (χ0) is 15.6. The molecule has 4 N–H and O–H groups in total. The molecule has 0 amide bonds. The van der Waals surface area contributed by atoms with Crippen molar-refractivity contribution in [1.82, 2.24) is 4.98 Å². The van der Waals surface area contributed by atoms with Crippen molar-refractivity contribution in [2.75, 3.05) is 10.1 Å². The first-order valence-corrected chi connectivity index (χ1v) is 7.72. The lowest BCUT2D eigenvalue weighted by molar-refractivity contribution is 0.590. The molecule has 21 heavy (non-hydrogen) atoms. The second-order valence-corrected chi connectivity index (χ2v) is 6.30. The number of nitrogens with zero attached hydrogens (tertiary/aromatic N) is 1. The summed E-state index contributed by atoms with van der Waals surface area (Å²) in [5.74, 6) is 3.44. The monoisotopic (exact) mass is 378 g/mol. The SMILES string of the molecule is NNc1cccnc1S(=O)(=O)Nc1cc(F)c(Br)cc1F. The largest absolute Gasteiger partial charge is 0.321 e. The summed E-state index contributed by atoms with van der Waals surface area (Å²) in [6.07, 6.45) is 1.23. The van der Waals surface area contributed by atoms with Gasteiger partial charge in [0.1, 0.15) is 11.6 Å². The van der Waals surface area contributed by atoms with Gasteiger partial charge in [-0.3, -0.25) is 10.6 Å². The smallest absolute Gasteiger partial charge is 0.281 e. The fourth-order valence-corrected chi connectivity index (χ4v) is 2.98. The highest BCUT2D eigenvalue weighted by atomic mass is 79.9. The van der Waals surface area contributed by atoms with Crippen molar-refractivity contribution in [1.29, 1.82) is 0 Å². The number of hydrogen-bond acceptors (Lipinski definition) is 5. The van der Waals surface area contributed by atoms with Crippen molar-refractivity contribution in [3.05, 3.63) is 46.6 Å². The molecule has 1 aromatic carbocycles. The van der Waals surface area contributed by atoms with Gasteiger partial charge in [-0.05, 0) is 34.1 Å². The molecule has 10 heteroatoms. The summed E-state index contributed by atoms with van der Waals surface area (Å²) >= 11 is 2.80.